The summed E-state index contributed by atoms with van der Waals surface area (Å²) in [5, 5.41) is 45.1. The maximum Gasteiger partial charge on any atom is 0.255 e. The summed E-state index contributed by atoms with van der Waals surface area (Å²) < 4.78 is 19.1. The number of rotatable bonds is 9. The Morgan fingerprint density at radius 3 is 2.46 bits per heavy atom. The number of phenolic OH excluding ortho intramolecular Hbond substituents is 1. The van der Waals surface area contributed by atoms with Crippen LogP contribution in [0.3, 0.4) is 0 Å². The number of alkyl halides is 1. The zero-order valence-electron chi connectivity index (χ0n) is 23.3. The summed E-state index contributed by atoms with van der Waals surface area (Å²) in [6, 6.07) is 0.257. The van der Waals surface area contributed by atoms with E-state index in [1.807, 2.05) is 4.90 Å². The highest BCUT2D eigenvalue weighted by Gasteiger charge is 2.64. The van der Waals surface area contributed by atoms with E-state index in [-0.39, 0.29) is 36.3 Å². The van der Waals surface area contributed by atoms with Crippen molar-refractivity contribution in [1.82, 2.24) is 9.80 Å². The van der Waals surface area contributed by atoms with Crippen LogP contribution in [-0.4, -0.2) is 100 Å². The number of hydrogen-bond donors (Lipinski definition) is 5. The Labute approximate surface area is 236 Å². The first-order valence-corrected chi connectivity index (χ1v) is 13.7. The molecule has 4 aliphatic carbocycles. The van der Waals surface area contributed by atoms with Crippen LogP contribution >= 0.6 is 0 Å². The molecule has 1 aromatic rings. The standard InChI is InChI=1S/C29H36FN3O8/c1-32(2)22-17-9-14-8-16-20(18(34)10-15(25(16)41-3)12-33(7-6-30)11-13-4-5-13)23(35)19(14)26(37)29(17,40)27(38)21(24(22)36)28(31)39/h10,13-14,17,22,34-35,38,40H,4-9,11-12H2,1-3H3,(H2,31,39)/t14-,17-,22-,29-/m0/s1. The second kappa shape index (κ2) is 10.4. The highest BCUT2D eigenvalue weighted by Crippen LogP contribution is 2.54. The molecule has 1 amide bonds. The first-order chi connectivity index (χ1) is 19.4. The van der Waals surface area contributed by atoms with Crippen LogP contribution in [0.1, 0.15) is 36.0 Å². The lowest BCUT2D eigenvalue weighted by molar-refractivity contribution is -0.153. The van der Waals surface area contributed by atoms with Crippen molar-refractivity contribution in [2.45, 2.75) is 43.9 Å². The van der Waals surface area contributed by atoms with Gasteiger partial charge in [0.15, 0.2) is 11.4 Å². The molecule has 12 heteroatoms. The summed E-state index contributed by atoms with van der Waals surface area (Å²) in [6.07, 6.45) is 2.27. The lowest BCUT2D eigenvalue weighted by atomic mass is 9.57. The Morgan fingerprint density at radius 1 is 1.22 bits per heavy atom. The third kappa shape index (κ3) is 4.48. The average molecular weight is 574 g/mol. The van der Waals surface area contributed by atoms with Gasteiger partial charge in [-0.05, 0) is 57.7 Å². The minimum Gasteiger partial charge on any atom is -0.508 e. The number of ether oxygens (including phenoxy) is 1. The number of aliphatic hydroxyl groups is 3. The predicted octanol–water partition coefficient (Wildman–Crippen LogP) is 1.15. The van der Waals surface area contributed by atoms with E-state index < -0.39 is 64.7 Å². The van der Waals surface area contributed by atoms with Crippen LogP contribution in [0.15, 0.2) is 23.0 Å². The molecule has 4 atom stereocenters. The van der Waals surface area contributed by atoms with E-state index in [0.717, 1.165) is 12.8 Å². The zero-order valence-corrected chi connectivity index (χ0v) is 23.3. The van der Waals surface area contributed by atoms with E-state index in [4.69, 9.17) is 10.5 Å². The molecule has 2 saturated carbocycles. The van der Waals surface area contributed by atoms with Gasteiger partial charge in [0.05, 0.1) is 18.7 Å². The van der Waals surface area contributed by atoms with Crippen molar-refractivity contribution in [3.8, 4) is 11.5 Å². The van der Waals surface area contributed by atoms with Crippen molar-refractivity contribution in [3.05, 3.63) is 39.7 Å². The lowest BCUT2D eigenvalue weighted by Gasteiger charge is -2.50. The SMILES string of the molecule is COc1c(CN(CCF)CC2CC2)cc(O)c2c1C[C@H]1C[C@H]3[C@H](N(C)C)C(=O)C(C(N)=O)=C(O)[C@@]3(O)C(=O)C1=C2O. The van der Waals surface area contributed by atoms with Crippen molar-refractivity contribution in [2.75, 3.05) is 41.0 Å². The highest BCUT2D eigenvalue weighted by atomic mass is 19.1. The van der Waals surface area contributed by atoms with Crippen LogP contribution in [0.5, 0.6) is 11.5 Å². The van der Waals surface area contributed by atoms with E-state index in [1.165, 1.54) is 18.1 Å². The smallest absolute Gasteiger partial charge is 0.255 e. The van der Waals surface area contributed by atoms with E-state index >= 15 is 0 Å². The molecule has 11 nitrogen and oxygen atoms in total. The third-order valence-corrected chi connectivity index (χ3v) is 8.96. The van der Waals surface area contributed by atoms with Crippen LogP contribution in [-0.2, 0) is 27.3 Å². The van der Waals surface area contributed by atoms with Crippen LogP contribution in [0.4, 0.5) is 4.39 Å². The molecule has 41 heavy (non-hydrogen) atoms. The molecule has 2 fully saturated rings. The molecule has 0 unspecified atom stereocenters. The Hall–Kier alpha value is -3.48. The van der Waals surface area contributed by atoms with Crippen LogP contribution in [0.2, 0.25) is 0 Å². The fraction of sp³-hybridized carbons (Fsp3) is 0.552. The molecule has 4 aliphatic rings. The van der Waals surface area contributed by atoms with Gasteiger partial charge in [-0.2, -0.15) is 0 Å². The molecule has 0 radical (unpaired) electrons. The number of amides is 1. The highest BCUT2D eigenvalue weighted by molar-refractivity contribution is 6.24. The first-order valence-electron chi connectivity index (χ1n) is 13.7. The van der Waals surface area contributed by atoms with Gasteiger partial charge in [-0.1, -0.05) is 0 Å². The van der Waals surface area contributed by atoms with Crippen molar-refractivity contribution < 1.29 is 43.9 Å². The first kappa shape index (κ1) is 29.0. The second-order valence-corrected chi connectivity index (χ2v) is 11.8. The number of ketones is 2. The van der Waals surface area contributed by atoms with Gasteiger partial charge in [0.25, 0.3) is 5.91 Å². The number of phenols is 1. The molecular formula is C29H36FN3O8. The van der Waals surface area contributed by atoms with Gasteiger partial charge in [0.2, 0.25) is 5.78 Å². The van der Waals surface area contributed by atoms with E-state index in [9.17, 15) is 39.2 Å². The Balaban J connectivity index is 1.63. The number of primary amides is 1. The number of hydrogen-bond acceptors (Lipinski definition) is 10. The molecule has 0 heterocycles. The maximum atomic E-state index is 13.9. The number of methoxy groups -OCH3 is 1. The molecule has 0 saturated heterocycles. The van der Waals surface area contributed by atoms with Gasteiger partial charge < -0.3 is 30.9 Å². The predicted molar refractivity (Wildman–Crippen MR) is 145 cm³/mol. The van der Waals surface area contributed by atoms with Crippen LogP contribution in [0.25, 0.3) is 5.76 Å². The monoisotopic (exact) mass is 573 g/mol. The number of likely N-dealkylation sites (N-methyl/N-ethyl adjacent to an activating group) is 1. The summed E-state index contributed by atoms with van der Waals surface area (Å²) in [5.41, 5.74) is 2.58. The van der Waals surface area contributed by atoms with Crippen molar-refractivity contribution in [1.29, 1.82) is 0 Å². The van der Waals surface area contributed by atoms with Crippen LogP contribution in [0, 0.1) is 17.8 Å². The number of benzene rings is 1. The van der Waals surface area contributed by atoms with Crippen molar-refractivity contribution in [3.63, 3.8) is 0 Å². The normalized spacial score (nSPS) is 27.7. The number of nitrogens with zero attached hydrogens (tertiary/aromatic N) is 2. The van der Waals surface area contributed by atoms with E-state index in [0.29, 0.717) is 35.9 Å². The van der Waals surface area contributed by atoms with Gasteiger partial charge in [-0.25, -0.2) is 4.39 Å². The Bertz CT molecular complexity index is 1380. The molecule has 0 bridgehead atoms. The summed E-state index contributed by atoms with van der Waals surface area (Å²) in [4.78, 5) is 42.7. The van der Waals surface area contributed by atoms with Gasteiger partial charge in [-0.3, -0.25) is 24.2 Å². The summed E-state index contributed by atoms with van der Waals surface area (Å²) in [7, 11) is 4.55. The number of aromatic hydroxyl groups is 1. The molecular weight excluding hydrogens is 537 g/mol. The van der Waals surface area contributed by atoms with Crippen molar-refractivity contribution >= 4 is 23.2 Å². The fourth-order valence-corrected chi connectivity index (χ4v) is 6.99. The average Bonchev–Trinajstić information content (AvgIpc) is 3.70. The molecule has 5 rings (SSSR count). The van der Waals surface area contributed by atoms with Gasteiger partial charge in [0, 0.05) is 42.3 Å². The number of carbonyl (C=O) groups excluding carboxylic acids is 3. The summed E-state index contributed by atoms with van der Waals surface area (Å²) in [6.45, 7) is 0.702. The third-order valence-electron chi connectivity index (χ3n) is 8.96. The summed E-state index contributed by atoms with van der Waals surface area (Å²) >= 11 is 0. The number of aliphatic hydroxyl groups excluding tert-OH is 2. The molecule has 0 aliphatic heterocycles. The minimum atomic E-state index is -2.69. The van der Waals surface area contributed by atoms with Gasteiger partial charge >= 0.3 is 0 Å². The maximum absolute atomic E-state index is 13.9. The number of Topliss-reactive ketones (excluding diaryl/α,β-unsaturated/α-hetero) is 2. The molecule has 0 spiro atoms. The van der Waals surface area contributed by atoms with Gasteiger partial charge in [0.1, 0.15) is 35.3 Å². The van der Waals surface area contributed by atoms with E-state index in [2.05, 4.69) is 0 Å². The second-order valence-electron chi connectivity index (χ2n) is 11.8. The quantitative estimate of drug-likeness (QED) is 0.270. The van der Waals surface area contributed by atoms with Crippen LogP contribution < -0.4 is 10.5 Å². The van der Waals surface area contributed by atoms with E-state index in [1.54, 1.807) is 14.1 Å². The number of fused-ring (bicyclic) bond motifs is 3. The fourth-order valence-electron chi connectivity index (χ4n) is 6.99. The molecule has 6 N–H and O–H groups in total. The summed E-state index contributed by atoms with van der Waals surface area (Å²) in [5.74, 6) is -6.19. The van der Waals surface area contributed by atoms with Gasteiger partial charge in [-0.15, -0.1) is 0 Å². The lowest BCUT2D eigenvalue weighted by Crippen LogP contribution is -2.65. The number of nitrogens with two attached hydrogens (primary N) is 1. The zero-order chi connectivity index (χ0) is 30.0. The Kier molecular flexibility index (Phi) is 7.37. The molecule has 222 valence electrons. The molecule has 1 aromatic carbocycles. The van der Waals surface area contributed by atoms with Crippen molar-refractivity contribution in [2.24, 2.45) is 23.5 Å². The number of halogens is 1. The topological polar surface area (TPSA) is 174 Å². The molecule has 0 aromatic heterocycles. The minimum absolute atomic E-state index is 0.0183. The Morgan fingerprint density at radius 2 is 1.90 bits per heavy atom. The largest absolute Gasteiger partial charge is 0.508 e. The number of carbonyl (C=O) groups is 3.